The highest BCUT2D eigenvalue weighted by Crippen LogP contribution is 2.30. The van der Waals surface area contributed by atoms with Gasteiger partial charge in [0.05, 0.1) is 5.56 Å². The van der Waals surface area contributed by atoms with Gasteiger partial charge in [0, 0.05) is 22.8 Å². The molecule has 1 saturated heterocycles. The number of hydrogen-bond acceptors (Lipinski definition) is 2. The smallest absolute Gasteiger partial charge is 0.256 e. The molecule has 0 bridgehead atoms. The van der Waals surface area contributed by atoms with E-state index in [9.17, 15) is 9.18 Å². The number of halogens is 1. The summed E-state index contributed by atoms with van der Waals surface area (Å²) in [7, 11) is 0. The Labute approximate surface area is 121 Å². The summed E-state index contributed by atoms with van der Waals surface area (Å²) in [6.45, 7) is 3.58. The summed E-state index contributed by atoms with van der Waals surface area (Å²) >= 11 is 1.67. The second-order valence-corrected chi connectivity index (χ2v) is 6.13. The first kappa shape index (κ1) is 13.3. The van der Waals surface area contributed by atoms with Gasteiger partial charge < -0.3 is 4.90 Å². The standard InChI is InChI=1S/C16H16FNOS/c1-2-12-5-7-15(20-12)11-4-6-13(14(17)10-11)16(19)18-8-3-9-18/h4-7,10H,2-3,8-9H2,1H3. The lowest BCUT2D eigenvalue weighted by Gasteiger charge is -2.31. The molecule has 0 atom stereocenters. The first-order chi connectivity index (χ1) is 9.69. The Bertz CT molecular complexity index is 646. The largest absolute Gasteiger partial charge is 0.338 e. The summed E-state index contributed by atoms with van der Waals surface area (Å²) in [5.41, 5.74) is 1.02. The molecule has 1 amide bonds. The summed E-state index contributed by atoms with van der Waals surface area (Å²) in [5, 5.41) is 0. The maximum Gasteiger partial charge on any atom is 0.256 e. The van der Waals surface area contributed by atoms with Crippen LogP contribution >= 0.6 is 11.3 Å². The van der Waals surface area contributed by atoms with E-state index in [4.69, 9.17) is 0 Å². The van der Waals surface area contributed by atoms with E-state index in [0.29, 0.717) is 0 Å². The maximum atomic E-state index is 14.2. The molecule has 0 aliphatic carbocycles. The molecule has 1 aromatic heterocycles. The predicted octanol–water partition coefficient (Wildman–Crippen LogP) is 3.96. The predicted molar refractivity (Wildman–Crippen MR) is 79.6 cm³/mol. The molecule has 2 nitrogen and oxygen atoms in total. The number of amides is 1. The highest BCUT2D eigenvalue weighted by atomic mass is 32.1. The van der Waals surface area contributed by atoms with E-state index in [-0.39, 0.29) is 11.5 Å². The summed E-state index contributed by atoms with van der Waals surface area (Å²) in [5.74, 6) is -0.619. The van der Waals surface area contributed by atoms with Crippen molar-refractivity contribution in [3.63, 3.8) is 0 Å². The van der Waals surface area contributed by atoms with Gasteiger partial charge in [0.2, 0.25) is 0 Å². The minimum atomic E-state index is -0.425. The van der Waals surface area contributed by atoms with Crippen LogP contribution in [0, 0.1) is 5.82 Å². The van der Waals surface area contributed by atoms with Crippen molar-refractivity contribution in [3.05, 3.63) is 46.6 Å². The van der Waals surface area contributed by atoms with E-state index in [0.717, 1.165) is 36.4 Å². The van der Waals surface area contributed by atoms with Gasteiger partial charge in [0.15, 0.2) is 0 Å². The molecular formula is C16H16FNOS. The summed E-state index contributed by atoms with van der Waals surface area (Å²) in [4.78, 5) is 16.0. The number of carbonyl (C=O) groups is 1. The number of carbonyl (C=O) groups excluding carboxylic acids is 1. The summed E-state index contributed by atoms with van der Waals surface area (Å²) < 4.78 is 14.2. The van der Waals surface area contributed by atoms with E-state index < -0.39 is 5.82 Å². The molecule has 2 aromatic rings. The van der Waals surface area contributed by atoms with Crippen LogP contribution in [-0.4, -0.2) is 23.9 Å². The van der Waals surface area contributed by atoms with E-state index in [1.807, 2.05) is 12.1 Å². The van der Waals surface area contributed by atoms with Crippen LogP contribution in [0.2, 0.25) is 0 Å². The van der Waals surface area contributed by atoms with Crippen molar-refractivity contribution in [3.8, 4) is 10.4 Å². The molecule has 0 unspecified atom stereocenters. The lowest BCUT2D eigenvalue weighted by atomic mass is 10.1. The molecule has 20 heavy (non-hydrogen) atoms. The first-order valence-electron chi connectivity index (χ1n) is 6.87. The fraction of sp³-hybridized carbons (Fsp3) is 0.312. The fourth-order valence-corrected chi connectivity index (χ4v) is 3.20. The highest BCUT2D eigenvalue weighted by molar-refractivity contribution is 7.15. The summed E-state index contributed by atoms with van der Waals surface area (Å²) in [6.07, 6.45) is 2.00. The van der Waals surface area contributed by atoms with Crippen molar-refractivity contribution in [2.24, 2.45) is 0 Å². The molecule has 3 rings (SSSR count). The third kappa shape index (κ3) is 2.36. The normalized spacial score (nSPS) is 14.2. The van der Waals surface area contributed by atoms with E-state index in [1.165, 1.54) is 10.9 Å². The number of likely N-dealkylation sites (tertiary alicyclic amines) is 1. The molecule has 0 N–H and O–H groups in total. The Balaban J connectivity index is 1.88. The van der Waals surface area contributed by atoms with Gasteiger partial charge in [-0.3, -0.25) is 4.79 Å². The van der Waals surface area contributed by atoms with Crippen molar-refractivity contribution in [2.75, 3.05) is 13.1 Å². The minimum Gasteiger partial charge on any atom is -0.338 e. The van der Waals surface area contributed by atoms with Crippen LogP contribution in [0.15, 0.2) is 30.3 Å². The minimum absolute atomic E-state index is 0.181. The average Bonchev–Trinajstić information content (AvgIpc) is 2.85. The van der Waals surface area contributed by atoms with Crippen LogP contribution in [0.4, 0.5) is 4.39 Å². The van der Waals surface area contributed by atoms with Crippen LogP contribution in [0.5, 0.6) is 0 Å². The molecule has 4 heteroatoms. The first-order valence-corrected chi connectivity index (χ1v) is 7.68. The van der Waals surface area contributed by atoms with Crippen molar-refractivity contribution in [1.29, 1.82) is 0 Å². The van der Waals surface area contributed by atoms with Crippen LogP contribution in [-0.2, 0) is 6.42 Å². The fourth-order valence-electron chi connectivity index (χ4n) is 2.25. The van der Waals surface area contributed by atoms with Gasteiger partial charge in [-0.15, -0.1) is 11.3 Å². The molecular weight excluding hydrogens is 273 g/mol. The number of rotatable bonds is 3. The second kappa shape index (κ2) is 5.37. The Morgan fingerprint density at radius 3 is 2.65 bits per heavy atom. The van der Waals surface area contributed by atoms with Gasteiger partial charge >= 0.3 is 0 Å². The molecule has 1 aromatic carbocycles. The molecule has 1 aliphatic heterocycles. The van der Waals surface area contributed by atoms with Gasteiger partial charge in [0.25, 0.3) is 5.91 Å². The topological polar surface area (TPSA) is 20.3 Å². The van der Waals surface area contributed by atoms with Gasteiger partial charge in [-0.05, 0) is 42.7 Å². The monoisotopic (exact) mass is 289 g/mol. The van der Waals surface area contributed by atoms with Gasteiger partial charge in [-0.25, -0.2) is 4.39 Å². The van der Waals surface area contributed by atoms with Gasteiger partial charge in [-0.1, -0.05) is 13.0 Å². The van der Waals surface area contributed by atoms with Crippen molar-refractivity contribution < 1.29 is 9.18 Å². The van der Waals surface area contributed by atoms with Crippen molar-refractivity contribution >= 4 is 17.2 Å². The third-order valence-electron chi connectivity index (χ3n) is 3.64. The molecule has 1 aliphatic rings. The van der Waals surface area contributed by atoms with Crippen molar-refractivity contribution in [2.45, 2.75) is 19.8 Å². The molecule has 2 heterocycles. The third-order valence-corrected chi connectivity index (χ3v) is 4.92. The van der Waals surface area contributed by atoms with Crippen molar-refractivity contribution in [1.82, 2.24) is 4.90 Å². The zero-order chi connectivity index (χ0) is 14.1. The zero-order valence-corrected chi connectivity index (χ0v) is 12.2. The molecule has 1 fully saturated rings. The van der Waals surface area contributed by atoms with E-state index in [2.05, 4.69) is 13.0 Å². The number of hydrogen-bond donors (Lipinski definition) is 0. The Kier molecular flexibility index (Phi) is 3.57. The number of benzene rings is 1. The maximum absolute atomic E-state index is 14.2. The van der Waals surface area contributed by atoms with Gasteiger partial charge in [-0.2, -0.15) is 0 Å². The number of aryl methyl sites for hydroxylation is 1. The van der Waals surface area contributed by atoms with Crippen LogP contribution < -0.4 is 0 Å². The van der Waals surface area contributed by atoms with Gasteiger partial charge in [0.1, 0.15) is 5.82 Å². The van der Waals surface area contributed by atoms with Crippen LogP contribution in [0.1, 0.15) is 28.6 Å². The second-order valence-electron chi connectivity index (χ2n) is 4.96. The van der Waals surface area contributed by atoms with Crippen LogP contribution in [0.25, 0.3) is 10.4 Å². The van der Waals surface area contributed by atoms with E-state index >= 15 is 0 Å². The lowest BCUT2D eigenvalue weighted by molar-refractivity contribution is 0.0647. The average molecular weight is 289 g/mol. The lowest BCUT2D eigenvalue weighted by Crippen LogP contribution is -2.42. The Morgan fingerprint density at radius 1 is 1.30 bits per heavy atom. The molecule has 0 radical (unpaired) electrons. The van der Waals surface area contributed by atoms with E-state index in [1.54, 1.807) is 22.3 Å². The highest BCUT2D eigenvalue weighted by Gasteiger charge is 2.24. The molecule has 104 valence electrons. The number of thiophene rings is 1. The molecule has 0 saturated carbocycles. The zero-order valence-electron chi connectivity index (χ0n) is 11.4. The summed E-state index contributed by atoms with van der Waals surface area (Å²) in [6, 6.07) is 8.99. The van der Waals surface area contributed by atoms with Crippen LogP contribution in [0.3, 0.4) is 0 Å². The Hall–Kier alpha value is -1.68. The number of nitrogens with zero attached hydrogens (tertiary/aromatic N) is 1. The SMILES string of the molecule is CCc1ccc(-c2ccc(C(=O)N3CCC3)c(F)c2)s1. The molecule has 0 spiro atoms. The Morgan fingerprint density at radius 2 is 2.10 bits per heavy atom. The quantitative estimate of drug-likeness (QED) is 0.837.